The standard InChI is InChI=1S/C30H56O5/c1-6-7-8-9-10-11-12-13-14-15-16-17-18-19-20-21-25-34-28(32)23-22-27(31)30(4,5)35-26-24-29(2,3)33/h22-23,33H,6-21,24-26H2,1-5H3/b23-22-. The first-order chi connectivity index (χ1) is 16.6. The van der Waals surface area contributed by atoms with Crippen molar-refractivity contribution < 1.29 is 24.2 Å². The first kappa shape index (κ1) is 33.8. The zero-order valence-electron chi connectivity index (χ0n) is 23.7. The lowest BCUT2D eigenvalue weighted by molar-refractivity contribution is -0.139. The molecule has 0 aliphatic heterocycles. The van der Waals surface area contributed by atoms with Crippen molar-refractivity contribution in [3.8, 4) is 0 Å². The molecule has 0 amide bonds. The second-order valence-corrected chi connectivity index (χ2v) is 11.1. The van der Waals surface area contributed by atoms with Crippen LogP contribution in [0.25, 0.3) is 0 Å². The van der Waals surface area contributed by atoms with Crippen LogP contribution in [0.2, 0.25) is 0 Å². The maximum absolute atomic E-state index is 12.3. The molecule has 0 aromatic rings. The van der Waals surface area contributed by atoms with E-state index in [1.54, 1.807) is 27.7 Å². The topological polar surface area (TPSA) is 72.8 Å². The summed E-state index contributed by atoms with van der Waals surface area (Å²) in [4.78, 5) is 24.1. The second-order valence-electron chi connectivity index (χ2n) is 11.1. The number of unbranched alkanes of at least 4 members (excludes halogenated alkanes) is 15. The first-order valence-electron chi connectivity index (χ1n) is 14.3. The quantitative estimate of drug-likeness (QED) is 0.0836. The molecular formula is C30H56O5. The van der Waals surface area contributed by atoms with E-state index in [0.29, 0.717) is 13.0 Å². The van der Waals surface area contributed by atoms with Gasteiger partial charge in [-0.15, -0.1) is 0 Å². The fourth-order valence-corrected chi connectivity index (χ4v) is 3.84. The minimum atomic E-state index is -1.05. The highest BCUT2D eigenvalue weighted by Gasteiger charge is 2.27. The third-order valence-electron chi connectivity index (χ3n) is 6.38. The van der Waals surface area contributed by atoms with Crippen LogP contribution in [0.4, 0.5) is 0 Å². The molecule has 0 aromatic carbocycles. The first-order valence-corrected chi connectivity index (χ1v) is 14.3. The van der Waals surface area contributed by atoms with Crippen molar-refractivity contribution in [1.82, 2.24) is 0 Å². The van der Waals surface area contributed by atoms with Gasteiger partial charge in [0.25, 0.3) is 0 Å². The van der Waals surface area contributed by atoms with Crippen molar-refractivity contribution >= 4 is 11.8 Å². The third kappa shape index (κ3) is 23.0. The molecule has 0 bridgehead atoms. The van der Waals surface area contributed by atoms with Gasteiger partial charge in [0, 0.05) is 6.08 Å². The van der Waals surface area contributed by atoms with Crippen molar-refractivity contribution in [3.63, 3.8) is 0 Å². The number of hydrogen-bond acceptors (Lipinski definition) is 5. The Labute approximate surface area is 216 Å². The summed E-state index contributed by atoms with van der Waals surface area (Å²) < 4.78 is 10.8. The molecule has 35 heavy (non-hydrogen) atoms. The summed E-state index contributed by atoms with van der Waals surface area (Å²) in [5.41, 5.74) is -1.89. The van der Waals surface area contributed by atoms with Crippen molar-refractivity contribution in [2.45, 2.75) is 155 Å². The molecule has 0 rings (SSSR count). The second kappa shape index (κ2) is 20.9. The average molecular weight is 497 g/mol. The maximum atomic E-state index is 12.3. The zero-order chi connectivity index (χ0) is 26.4. The van der Waals surface area contributed by atoms with Gasteiger partial charge in [-0.1, -0.05) is 103 Å². The van der Waals surface area contributed by atoms with Crippen LogP contribution < -0.4 is 0 Å². The Morgan fingerprint density at radius 2 is 1.09 bits per heavy atom. The normalized spacial score (nSPS) is 12.4. The molecule has 0 fully saturated rings. The summed E-state index contributed by atoms with van der Waals surface area (Å²) in [6.07, 6.45) is 23.7. The van der Waals surface area contributed by atoms with E-state index in [4.69, 9.17) is 9.47 Å². The molecule has 0 saturated heterocycles. The monoisotopic (exact) mass is 496 g/mol. The number of hydrogen-bond donors (Lipinski definition) is 1. The summed E-state index contributed by atoms with van der Waals surface area (Å²) in [6, 6.07) is 0. The van der Waals surface area contributed by atoms with E-state index in [1.807, 2.05) is 0 Å². The maximum Gasteiger partial charge on any atom is 0.330 e. The lowest BCUT2D eigenvalue weighted by Crippen LogP contribution is -2.35. The molecule has 0 aliphatic carbocycles. The highest BCUT2D eigenvalue weighted by atomic mass is 16.5. The molecule has 206 valence electrons. The van der Waals surface area contributed by atoms with E-state index in [1.165, 1.54) is 102 Å². The van der Waals surface area contributed by atoms with Crippen LogP contribution in [0, 0.1) is 0 Å². The predicted molar refractivity (Wildman–Crippen MR) is 146 cm³/mol. The minimum Gasteiger partial charge on any atom is -0.463 e. The van der Waals surface area contributed by atoms with E-state index in [9.17, 15) is 14.7 Å². The van der Waals surface area contributed by atoms with Crippen LogP contribution in [0.3, 0.4) is 0 Å². The molecule has 0 unspecified atom stereocenters. The highest BCUT2D eigenvalue weighted by molar-refractivity contribution is 6.00. The number of carbonyl (C=O) groups excluding carboxylic acids is 2. The van der Waals surface area contributed by atoms with Crippen LogP contribution >= 0.6 is 0 Å². The van der Waals surface area contributed by atoms with Gasteiger partial charge in [-0.25, -0.2) is 4.79 Å². The van der Waals surface area contributed by atoms with Gasteiger partial charge >= 0.3 is 5.97 Å². The van der Waals surface area contributed by atoms with Crippen LogP contribution in [-0.2, 0) is 19.1 Å². The minimum absolute atomic E-state index is 0.264. The number of aliphatic hydroxyl groups is 1. The van der Waals surface area contributed by atoms with Gasteiger partial charge in [0.2, 0.25) is 0 Å². The number of esters is 1. The summed E-state index contributed by atoms with van der Waals surface area (Å²) in [7, 11) is 0. The molecule has 0 radical (unpaired) electrons. The Kier molecular flexibility index (Phi) is 20.2. The van der Waals surface area contributed by atoms with Crippen molar-refractivity contribution in [2.24, 2.45) is 0 Å². The molecule has 0 spiro atoms. The van der Waals surface area contributed by atoms with Gasteiger partial charge in [0.1, 0.15) is 5.60 Å². The molecular weight excluding hydrogens is 440 g/mol. The number of rotatable bonds is 24. The van der Waals surface area contributed by atoms with Crippen LogP contribution in [0.15, 0.2) is 12.2 Å². The number of ketones is 1. The fourth-order valence-electron chi connectivity index (χ4n) is 3.84. The van der Waals surface area contributed by atoms with E-state index >= 15 is 0 Å². The van der Waals surface area contributed by atoms with Crippen molar-refractivity contribution in [1.29, 1.82) is 0 Å². The molecule has 5 nitrogen and oxygen atoms in total. The summed E-state index contributed by atoms with van der Waals surface area (Å²) in [5.74, 6) is -0.792. The van der Waals surface area contributed by atoms with Gasteiger partial charge in [-0.3, -0.25) is 4.79 Å². The van der Waals surface area contributed by atoms with Gasteiger partial charge in [-0.2, -0.15) is 0 Å². The smallest absolute Gasteiger partial charge is 0.330 e. The van der Waals surface area contributed by atoms with E-state index in [2.05, 4.69) is 6.92 Å². The van der Waals surface area contributed by atoms with Gasteiger partial charge in [0.15, 0.2) is 5.78 Å². The molecule has 0 aliphatic rings. The zero-order valence-corrected chi connectivity index (χ0v) is 23.7. The van der Waals surface area contributed by atoms with Gasteiger partial charge in [-0.05, 0) is 46.6 Å². The van der Waals surface area contributed by atoms with E-state index < -0.39 is 17.2 Å². The average Bonchev–Trinajstić information content (AvgIpc) is 2.78. The molecule has 1 N–H and O–H groups in total. The number of carbonyl (C=O) groups is 2. The third-order valence-corrected chi connectivity index (χ3v) is 6.38. The van der Waals surface area contributed by atoms with Crippen LogP contribution in [-0.4, -0.2) is 41.3 Å². The van der Waals surface area contributed by atoms with E-state index in [0.717, 1.165) is 12.8 Å². The van der Waals surface area contributed by atoms with Gasteiger partial charge in [0.05, 0.1) is 18.8 Å². The number of ether oxygens (including phenoxy) is 2. The lowest BCUT2D eigenvalue weighted by Gasteiger charge is -2.25. The predicted octanol–water partition coefficient (Wildman–Crippen LogP) is 7.87. The van der Waals surface area contributed by atoms with Gasteiger partial charge < -0.3 is 14.6 Å². The largest absolute Gasteiger partial charge is 0.463 e. The summed E-state index contributed by atoms with van der Waals surface area (Å²) in [5, 5.41) is 9.73. The van der Waals surface area contributed by atoms with Crippen LogP contribution in [0.5, 0.6) is 0 Å². The summed E-state index contributed by atoms with van der Waals surface area (Å²) >= 11 is 0. The van der Waals surface area contributed by atoms with E-state index in [-0.39, 0.29) is 12.4 Å². The Morgan fingerprint density at radius 1 is 0.657 bits per heavy atom. The Hall–Kier alpha value is -1.20. The fraction of sp³-hybridized carbons (Fsp3) is 0.867. The molecule has 0 atom stereocenters. The Balaban J connectivity index is 3.60. The lowest BCUT2D eigenvalue weighted by atomic mass is 10.0. The summed E-state index contributed by atoms with van der Waals surface area (Å²) in [6.45, 7) is 9.63. The van der Waals surface area contributed by atoms with Crippen LogP contribution in [0.1, 0.15) is 144 Å². The Morgan fingerprint density at radius 3 is 1.51 bits per heavy atom. The molecule has 0 saturated carbocycles. The molecule has 0 aromatic heterocycles. The molecule has 5 heteroatoms. The van der Waals surface area contributed by atoms with Crippen molar-refractivity contribution in [3.05, 3.63) is 12.2 Å². The molecule has 0 heterocycles. The Bertz CT molecular complexity index is 560. The SMILES string of the molecule is CCCCCCCCCCCCCCCCCCOC(=O)/C=C\C(=O)C(C)(C)OCCC(C)(C)O. The van der Waals surface area contributed by atoms with Crippen molar-refractivity contribution in [2.75, 3.05) is 13.2 Å². The highest BCUT2D eigenvalue weighted by Crippen LogP contribution is 2.16.